The monoisotopic (exact) mass is 294 g/mol. The number of rotatable bonds is 6. The fourth-order valence-corrected chi connectivity index (χ4v) is 2.03. The van der Waals surface area contributed by atoms with Gasteiger partial charge in [0.05, 0.1) is 12.1 Å². The first-order valence-electron chi connectivity index (χ1n) is 7.12. The topological polar surface area (TPSA) is 73.6 Å². The van der Waals surface area contributed by atoms with Crippen molar-refractivity contribution >= 4 is 6.09 Å². The van der Waals surface area contributed by atoms with Crippen molar-refractivity contribution < 1.29 is 14.3 Å². The zero-order valence-electron chi connectivity index (χ0n) is 13.3. The Hall–Kier alpha value is -1.59. The molecule has 5 nitrogen and oxygen atoms in total. The average Bonchev–Trinajstić information content (AvgIpc) is 2.39. The van der Waals surface area contributed by atoms with Gasteiger partial charge in [0.2, 0.25) is 0 Å². The lowest BCUT2D eigenvalue weighted by Crippen LogP contribution is -2.50. The zero-order chi connectivity index (χ0) is 15.9. The largest absolute Gasteiger partial charge is 0.444 e. The molecule has 0 radical (unpaired) electrons. The van der Waals surface area contributed by atoms with Crippen molar-refractivity contribution in [2.45, 2.75) is 44.9 Å². The van der Waals surface area contributed by atoms with E-state index in [1.807, 2.05) is 51.1 Å². The molecule has 0 aliphatic carbocycles. The minimum Gasteiger partial charge on any atom is -0.444 e. The minimum absolute atomic E-state index is 0.239. The van der Waals surface area contributed by atoms with Crippen LogP contribution < -0.4 is 11.1 Å². The molecule has 5 heteroatoms. The van der Waals surface area contributed by atoms with Crippen LogP contribution in [0.4, 0.5) is 4.79 Å². The molecular formula is C16H26N2O3. The van der Waals surface area contributed by atoms with Crippen LogP contribution in [0, 0.1) is 0 Å². The summed E-state index contributed by atoms with van der Waals surface area (Å²) >= 11 is 0. The molecule has 0 aliphatic heterocycles. The highest BCUT2D eigenvalue weighted by Gasteiger charge is 2.25. The number of nitrogens with one attached hydrogen (secondary N) is 1. The third kappa shape index (κ3) is 6.60. The summed E-state index contributed by atoms with van der Waals surface area (Å²) in [7, 11) is 1.59. The lowest BCUT2D eigenvalue weighted by Gasteiger charge is -2.28. The van der Waals surface area contributed by atoms with Crippen molar-refractivity contribution in [1.82, 2.24) is 5.32 Å². The van der Waals surface area contributed by atoms with Crippen LogP contribution in [-0.4, -0.2) is 37.5 Å². The van der Waals surface area contributed by atoms with Gasteiger partial charge in [0.25, 0.3) is 0 Å². The molecule has 0 bridgehead atoms. The number of benzene rings is 1. The first-order valence-corrected chi connectivity index (χ1v) is 7.12. The molecule has 1 aromatic rings. The van der Waals surface area contributed by atoms with Crippen molar-refractivity contribution in [2.24, 2.45) is 5.73 Å². The zero-order valence-corrected chi connectivity index (χ0v) is 13.3. The van der Waals surface area contributed by atoms with Crippen LogP contribution in [0.2, 0.25) is 0 Å². The van der Waals surface area contributed by atoms with Gasteiger partial charge in [-0.15, -0.1) is 0 Å². The predicted octanol–water partition coefficient (Wildman–Crippen LogP) is 2.10. The Balaban J connectivity index is 2.75. The maximum Gasteiger partial charge on any atom is 0.407 e. The maximum atomic E-state index is 12.0. The van der Waals surface area contributed by atoms with Crippen LogP contribution in [0.3, 0.4) is 0 Å². The summed E-state index contributed by atoms with van der Waals surface area (Å²) in [5.74, 6) is 0. The molecule has 1 aromatic carbocycles. The van der Waals surface area contributed by atoms with E-state index in [1.54, 1.807) is 7.11 Å². The summed E-state index contributed by atoms with van der Waals surface area (Å²) in [5, 5.41) is 2.86. The molecule has 0 aromatic heterocycles. The van der Waals surface area contributed by atoms with Crippen LogP contribution >= 0.6 is 0 Å². The number of nitrogens with two attached hydrogens (primary N) is 1. The number of alkyl carbamates (subject to hydrolysis) is 1. The minimum atomic E-state index is -0.535. The molecule has 0 saturated carbocycles. The van der Waals surface area contributed by atoms with Crippen molar-refractivity contribution in [2.75, 3.05) is 13.7 Å². The first-order chi connectivity index (χ1) is 9.85. The van der Waals surface area contributed by atoms with E-state index in [0.717, 1.165) is 5.56 Å². The third-order valence-electron chi connectivity index (χ3n) is 2.98. The van der Waals surface area contributed by atoms with Gasteiger partial charge in [-0.2, -0.15) is 0 Å². The van der Waals surface area contributed by atoms with E-state index in [0.29, 0.717) is 13.0 Å². The van der Waals surface area contributed by atoms with Crippen molar-refractivity contribution in [1.29, 1.82) is 0 Å². The van der Waals surface area contributed by atoms with Crippen LogP contribution in [0.1, 0.15) is 26.3 Å². The van der Waals surface area contributed by atoms with Gasteiger partial charge in [0.15, 0.2) is 0 Å². The summed E-state index contributed by atoms with van der Waals surface area (Å²) in [5.41, 5.74) is 6.29. The normalized spacial score (nSPS) is 14.3. The van der Waals surface area contributed by atoms with Gasteiger partial charge in [-0.1, -0.05) is 30.3 Å². The number of methoxy groups -OCH3 is 1. The molecule has 0 saturated heterocycles. The average molecular weight is 294 g/mol. The third-order valence-corrected chi connectivity index (χ3v) is 2.98. The highest BCUT2D eigenvalue weighted by molar-refractivity contribution is 5.68. The summed E-state index contributed by atoms with van der Waals surface area (Å²) in [4.78, 5) is 12.0. The van der Waals surface area contributed by atoms with Crippen LogP contribution in [0.15, 0.2) is 30.3 Å². The summed E-state index contributed by atoms with van der Waals surface area (Å²) in [6.45, 7) is 5.81. The number of hydrogen-bond acceptors (Lipinski definition) is 4. The number of carbonyl (C=O) groups is 1. The van der Waals surface area contributed by atoms with E-state index in [-0.39, 0.29) is 12.1 Å². The highest BCUT2D eigenvalue weighted by Crippen LogP contribution is 2.11. The van der Waals surface area contributed by atoms with E-state index in [2.05, 4.69) is 5.32 Å². The lowest BCUT2D eigenvalue weighted by atomic mass is 10.0. The van der Waals surface area contributed by atoms with Gasteiger partial charge in [-0.05, 0) is 32.8 Å². The molecule has 118 valence electrons. The summed E-state index contributed by atoms with van der Waals surface area (Å²) in [6, 6.07) is 9.65. The molecule has 0 fully saturated rings. The van der Waals surface area contributed by atoms with E-state index in [9.17, 15) is 4.79 Å². The number of amides is 1. The maximum absolute atomic E-state index is 12.0. The van der Waals surface area contributed by atoms with Gasteiger partial charge >= 0.3 is 6.09 Å². The van der Waals surface area contributed by atoms with Crippen LogP contribution in [-0.2, 0) is 15.9 Å². The Morgan fingerprint density at radius 2 is 1.90 bits per heavy atom. The second kappa shape index (κ2) is 8.00. The fourth-order valence-electron chi connectivity index (χ4n) is 2.03. The molecule has 21 heavy (non-hydrogen) atoms. The Bertz CT molecular complexity index is 425. The van der Waals surface area contributed by atoms with Gasteiger partial charge in [0.1, 0.15) is 5.60 Å². The molecule has 0 heterocycles. The Kier molecular flexibility index (Phi) is 6.65. The second-order valence-corrected chi connectivity index (χ2v) is 5.95. The molecule has 0 aliphatic rings. The Labute approximate surface area is 126 Å². The van der Waals surface area contributed by atoms with Crippen molar-refractivity contribution in [3.05, 3.63) is 35.9 Å². The van der Waals surface area contributed by atoms with Crippen LogP contribution in [0.5, 0.6) is 0 Å². The van der Waals surface area contributed by atoms with Gasteiger partial charge < -0.3 is 20.5 Å². The van der Waals surface area contributed by atoms with E-state index >= 15 is 0 Å². The Morgan fingerprint density at radius 3 is 2.38 bits per heavy atom. The van der Waals surface area contributed by atoms with Gasteiger partial charge in [-0.25, -0.2) is 4.79 Å². The summed E-state index contributed by atoms with van der Waals surface area (Å²) < 4.78 is 10.7. The van der Waals surface area contributed by atoms with E-state index in [1.165, 1.54) is 0 Å². The quantitative estimate of drug-likeness (QED) is 0.842. The molecular weight excluding hydrogens is 268 g/mol. The molecule has 3 N–H and O–H groups in total. The van der Waals surface area contributed by atoms with Crippen molar-refractivity contribution in [3.8, 4) is 0 Å². The molecule has 2 atom stereocenters. The van der Waals surface area contributed by atoms with Crippen LogP contribution in [0.25, 0.3) is 0 Å². The Morgan fingerprint density at radius 1 is 1.29 bits per heavy atom. The predicted molar refractivity (Wildman–Crippen MR) is 83.2 cm³/mol. The number of hydrogen-bond donors (Lipinski definition) is 2. The number of ether oxygens (including phenoxy) is 2. The fraction of sp³-hybridized carbons (Fsp3) is 0.562. The highest BCUT2D eigenvalue weighted by atomic mass is 16.6. The van der Waals surface area contributed by atoms with Gasteiger partial charge in [0, 0.05) is 13.7 Å². The molecule has 0 spiro atoms. The molecule has 1 rings (SSSR count). The lowest BCUT2D eigenvalue weighted by molar-refractivity contribution is 0.0354. The van der Waals surface area contributed by atoms with E-state index in [4.69, 9.17) is 15.2 Å². The smallest absolute Gasteiger partial charge is 0.407 e. The molecule has 1 amide bonds. The molecule has 0 unspecified atom stereocenters. The SMILES string of the molecule is CO[C@H](CN)[C@H](Cc1ccccc1)NC(=O)OC(C)(C)C. The number of carbonyl (C=O) groups excluding carboxylic acids is 1. The van der Waals surface area contributed by atoms with Gasteiger partial charge in [-0.3, -0.25) is 0 Å². The standard InChI is InChI=1S/C16H26N2O3/c1-16(2,3)21-15(19)18-13(14(11-17)20-4)10-12-8-6-5-7-9-12/h5-9,13-14H,10-11,17H2,1-4H3,(H,18,19)/t13-,14+/m0/s1. The summed E-state index contributed by atoms with van der Waals surface area (Å²) in [6.07, 6.45) is -0.0906. The van der Waals surface area contributed by atoms with Crippen molar-refractivity contribution in [3.63, 3.8) is 0 Å². The van der Waals surface area contributed by atoms with E-state index < -0.39 is 11.7 Å². The second-order valence-electron chi connectivity index (χ2n) is 5.95. The first kappa shape index (κ1) is 17.5.